The monoisotopic (exact) mass is 285 g/mol. The van der Waals surface area contributed by atoms with E-state index in [1.165, 1.54) is 0 Å². The Bertz CT molecular complexity index is 366. The summed E-state index contributed by atoms with van der Waals surface area (Å²) in [6.07, 6.45) is 1.79. The fourth-order valence-corrected chi connectivity index (χ4v) is 1.77. The van der Waals surface area contributed by atoms with Crippen LogP contribution in [0.25, 0.3) is 0 Å². The van der Waals surface area contributed by atoms with Crippen LogP contribution in [0.2, 0.25) is 0 Å². The van der Waals surface area contributed by atoms with Crippen LogP contribution in [0.1, 0.15) is 29.3 Å². The summed E-state index contributed by atoms with van der Waals surface area (Å²) in [4.78, 5) is 11.7. The van der Waals surface area contributed by atoms with E-state index in [0.29, 0.717) is 17.9 Å². The van der Waals surface area contributed by atoms with E-state index in [-0.39, 0.29) is 5.97 Å². The molecule has 1 rings (SSSR count). The maximum Gasteiger partial charge on any atom is 0.338 e. The van der Waals surface area contributed by atoms with Crippen molar-refractivity contribution in [3.05, 3.63) is 29.3 Å². The molecule has 0 saturated carbocycles. The molecule has 0 aliphatic heterocycles. The summed E-state index contributed by atoms with van der Waals surface area (Å²) in [6.45, 7) is 2.19. The number of hydrogen-bond donors (Lipinski definition) is 1. The maximum atomic E-state index is 11.7. The van der Waals surface area contributed by atoms with Gasteiger partial charge < -0.3 is 10.5 Å². The van der Waals surface area contributed by atoms with Crippen LogP contribution < -0.4 is 5.73 Å². The molecule has 4 heteroatoms. The van der Waals surface area contributed by atoms with E-state index in [0.717, 1.165) is 23.7 Å². The number of halogens is 1. The molecule has 0 radical (unpaired) electrons. The molecule has 3 nitrogen and oxygen atoms in total. The van der Waals surface area contributed by atoms with Crippen LogP contribution in [0.3, 0.4) is 0 Å². The number of hydrogen-bond acceptors (Lipinski definition) is 3. The van der Waals surface area contributed by atoms with Gasteiger partial charge in [0.15, 0.2) is 0 Å². The molecule has 0 heterocycles. The van der Waals surface area contributed by atoms with Gasteiger partial charge in [-0.2, -0.15) is 0 Å². The number of aryl methyl sites for hydroxylation is 1. The van der Waals surface area contributed by atoms with Crippen LogP contribution in [0, 0.1) is 0 Å². The highest BCUT2D eigenvalue weighted by atomic mass is 79.9. The molecule has 1 aromatic rings. The Morgan fingerprint density at radius 1 is 1.50 bits per heavy atom. The number of anilines is 1. The second-order valence-electron chi connectivity index (χ2n) is 3.43. The van der Waals surface area contributed by atoms with Crippen molar-refractivity contribution in [1.29, 1.82) is 0 Å². The Hall–Kier alpha value is -1.03. The number of ether oxygens (including phenoxy) is 1. The molecule has 0 saturated heterocycles. The highest BCUT2D eigenvalue weighted by molar-refractivity contribution is 9.09. The molecule has 0 aromatic heterocycles. The molecule has 16 heavy (non-hydrogen) atoms. The second-order valence-corrected chi connectivity index (χ2v) is 4.22. The van der Waals surface area contributed by atoms with Gasteiger partial charge in [0.2, 0.25) is 0 Å². The number of benzene rings is 1. The zero-order valence-electron chi connectivity index (χ0n) is 9.33. The molecule has 0 spiro atoms. The quantitative estimate of drug-likeness (QED) is 0.514. The van der Waals surface area contributed by atoms with E-state index >= 15 is 0 Å². The molecule has 0 aliphatic rings. The van der Waals surface area contributed by atoms with E-state index in [4.69, 9.17) is 10.5 Å². The fraction of sp³-hybridized carbons (Fsp3) is 0.417. The average molecular weight is 286 g/mol. The topological polar surface area (TPSA) is 52.3 Å². The number of esters is 1. The lowest BCUT2D eigenvalue weighted by Gasteiger charge is -2.09. The number of alkyl halides is 1. The second kappa shape index (κ2) is 6.53. The minimum absolute atomic E-state index is 0.271. The SMILES string of the molecule is CCOC(=O)c1ccc(N)cc1CCCBr. The number of carbonyl (C=O) groups is 1. The Kier molecular flexibility index (Phi) is 5.32. The molecule has 1 aromatic carbocycles. The normalized spacial score (nSPS) is 10.1. The first-order chi connectivity index (χ1) is 7.69. The predicted molar refractivity (Wildman–Crippen MR) is 68.9 cm³/mol. The molecule has 0 amide bonds. The Morgan fingerprint density at radius 2 is 2.25 bits per heavy atom. The molecule has 88 valence electrons. The van der Waals surface area contributed by atoms with E-state index in [2.05, 4.69) is 15.9 Å². The standard InChI is InChI=1S/C12H16BrNO2/c1-2-16-12(15)11-6-5-10(14)8-9(11)4-3-7-13/h5-6,8H,2-4,7,14H2,1H3. The van der Waals surface area contributed by atoms with Gasteiger partial charge in [0.1, 0.15) is 0 Å². The van der Waals surface area contributed by atoms with Crippen LogP contribution in [-0.2, 0) is 11.2 Å². The van der Waals surface area contributed by atoms with Gasteiger partial charge in [-0.05, 0) is 43.5 Å². The number of nitrogen functional groups attached to an aromatic ring is 1. The van der Waals surface area contributed by atoms with Crippen molar-refractivity contribution >= 4 is 27.6 Å². The Morgan fingerprint density at radius 3 is 2.88 bits per heavy atom. The first kappa shape index (κ1) is 13.0. The van der Waals surface area contributed by atoms with Gasteiger partial charge in [-0.3, -0.25) is 0 Å². The predicted octanol–water partition coefficient (Wildman–Crippen LogP) is 2.77. The summed E-state index contributed by atoms with van der Waals surface area (Å²) in [7, 11) is 0. The molecule has 0 aliphatic carbocycles. The van der Waals surface area contributed by atoms with Gasteiger partial charge in [0.25, 0.3) is 0 Å². The first-order valence-electron chi connectivity index (χ1n) is 5.30. The molecule has 0 atom stereocenters. The third-order valence-electron chi connectivity index (χ3n) is 2.20. The molecule has 0 fully saturated rings. The van der Waals surface area contributed by atoms with Crippen LogP contribution in [0.15, 0.2) is 18.2 Å². The van der Waals surface area contributed by atoms with E-state index in [1.807, 2.05) is 6.07 Å². The zero-order valence-corrected chi connectivity index (χ0v) is 10.9. The van der Waals surface area contributed by atoms with Crippen LogP contribution >= 0.6 is 15.9 Å². The van der Waals surface area contributed by atoms with Crippen molar-refractivity contribution in [2.75, 3.05) is 17.7 Å². The minimum Gasteiger partial charge on any atom is -0.462 e. The molecular weight excluding hydrogens is 270 g/mol. The minimum atomic E-state index is -0.271. The lowest BCUT2D eigenvalue weighted by Crippen LogP contribution is -2.09. The van der Waals surface area contributed by atoms with Gasteiger partial charge in [0, 0.05) is 11.0 Å². The van der Waals surface area contributed by atoms with Gasteiger partial charge in [-0.1, -0.05) is 15.9 Å². The van der Waals surface area contributed by atoms with Gasteiger partial charge >= 0.3 is 5.97 Å². The molecule has 2 N–H and O–H groups in total. The zero-order chi connectivity index (χ0) is 12.0. The fourth-order valence-electron chi connectivity index (χ4n) is 1.49. The first-order valence-corrected chi connectivity index (χ1v) is 6.42. The summed E-state index contributed by atoms with van der Waals surface area (Å²) in [5.74, 6) is -0.271. The number of carbonyl (C=O) groups excluding carboxylic acids is 1. The largest absolute Gasteiger partial charge is 0.462 e. The highest BCUT2D eigenvalue weighted by Gasteiger charge is 2.12. The van der Waals surface area contributed by atoms with Crippen LogP contribution in [0.5, 0.6) is 0 Å². The number of rotatable bonds is 5. The molecule has 0 bridgehead atoms. The third-order valence-corrected chi connectivity index (χ3v) is 2.77. The van der Waals surface area contributed by atoms with Crippen molar-refractivity contribution < 1.29 is 9.53 Å². The third kappa shape index (κ3) is 3.52. The van der Waals surface area contributed by atoms with Crippen LogP contribution in [-0.4, -0.2) is 17.9 Å². The van der Waals surface area contributed by atoms with Crippen molar-refractivity contribution in [2.45, 2.75) is 19.8 Å². The van der Waals surface area contributed by atoms with Gasteiger partial charge in [0.05, 0.1) is 12.2 Å². The Balaban J connectivity index is 2.92. The summed E-state index contributed by atoms with van der Waals surface area (Å²) >= 11 is 3.37. The summed E-state index contributed by atoms with van der Waals surface area (Å²) in [6, 6.07) is 5.30. The lowest BCUT2D eigenvalue weighted by atomic mass is 10.0. The van der Waals surface area contributed by atoms with Crippen molar-refractivity contribution in [2.24, 2.45) is 0 Å². The van der Waals surface area contributed by atoms with Crippen molar-refractivity contribution in [3.8, 4) is 0 Å². The summed E-state index contributed by atoms with van der Waals surface area (Å²) in [5.41, 5.74) is 7.97. The average Bonchev–Trinajstić information content (AvgIpc) is 2.26. The summed E-state index contributed by atoms with van der Waals surface area (Å²) < 4.78 is 5.00. The summed E-state index contributed by atoms with van der Waals surface area (Å²) in [5, 5.41) is 0.907. The van der Waals surface area contributed by atoms with Crippen LogP contribution in [0.4, 0.5) is 5.69 Å². The molecular formula is C12H16BrNO2. The van der Waals surface area contributed by atoms with E-state index in [1.54, 1.807) is 19.1 Å². The van der Waals surface area contributed by atoms with E-state index < -0.39 is 0 Å². The van der Waals surface area contributed by atoms with Gasteiger partial charge in [-0.25, -0.2) is 4.79 Å². The van der Waals surface area contributed by atoms with E-state index in [9.17, 15) is 4.79 Å². The highest BCUT2D eigenvalue weighted by Crippen LogP contribution is 2.17. The Labute approximate surface area is 104 Å². The maximum absolute atomic E-state index is 11.7. The lowest BCUT2D eigenvalue weighted by molar-refractivity contribution is 0.0525. The van der Waals surface area contributed by atoms with Crippen molar-refractivity contribution in [3.63, 3.8) is 0 Å². The molecule has 0 unspecified atom stereocenters. The number of nitrogens with two attached hydrogens (primary N) is 1. The van der Waals surface area contributed by atoms with Gasteiger partial charge in [-0.15, -0.1) is 0 Å². The van der Waals surface area contributed by atoms with Crippen molar-refractivity contribution in [1.82, 2.24) is 0 Å². The smallest absolute Gasteiger partial charge is 0.338 e.